The van der Waals surface area contributed by atoms with Gasteiger partial charge >= 0.3 is 12.0 Å². The first-order valence-electron chi connectivity index (χ1n) is 10.8. The first-order chi connectivity index (χ1) is 14.9. The zero-order chi connectivity index (χ0) is 22.0. The summed E-state index contributed by atoms with van der Waals surface area (Å²) in [7, 11) is 0. The van der Waals surface area contributed by atoms with Crippen LogP contribution in [0.2, 0.25) is 5.02 Å². The summed E-state index contributed by atoms with van der Waals surface area (Å²) >= 11 is 6.10. The quantitative estimate of drug-likeness (QED) is 0.625. The Labute approximate surface area is 186 Å². The first-order valence-corrected chi connectivity index (χ1v) is 11.2. The Kier molecular flexibility index (Phi) is 6.36. The number of carboxylic acids is 1. The van der Waals surface area contributed by atoms with Gasteiger partial charge in [-0.2, -0.15) is 0 Å². The van der Waals surface area contributed by atoms with Gasteiger partial charge in [0.15, 0.2) is 0 Å². The van der Waals surface area contributed by atoms with Gasteiger partial charge in [0, 0.05) is 54.4 Å². The number of nitrogen functional groups attached to an aromatic ring is 1. The lowest BCUT2D eigenvalue weighted by Crippen LogP contribution is -2.55. The molecule has 2 aliphatic rings. The maximum atomic E-state index is 12.9. The summed E-state index contributed by atoms with van der Waals surface area (Å²) < 4.78 is 0. The summed E-state index contributed by atoms with van der Waals surface area (Å²) in [6.45, 7) is 2.41. The van der Waals surface area contributed by atoms with E-state index in [4.69, 9.17) is 17.3 Å². The molecule has 4 rings (SSSR count). The Morgan fingerprint density at radius 2 is 1.84 bits per heavy atom. The van der Waals surface area contributed by atoms with Gasteiger partial charge in [-0.3, -0.25) is 4.79 Å². The Morgan fingerprint density at radius 1 is 1.10 bits per heavy atom. The first kappa shape index (κ1) is 21.5. The van der Waals surface area contributed by atoms with Crippen LogP contribution in [-0.4, -0.2) is 59.2 Å². The minimum Gasteiger partial charge on any atom is -0.481 e. The van der Waals surface area contributed by atoms with E-state index in [-0.39, 0.29) is 12.1 Å². The molecule has 31 heavy (non-hydrogen) atoms. The van der Waals surface area contributed by atoms with E-state index in [2.05, 4.69) is 15.2 Å². The van der Waals surface area contributed by atoms with Gasteiger partial charge in [0.25, 0.3) is 0 Å². The highest BCUT2D eigenvalue weighted by molar-refractivity contribution is 6.31. The van der Waals surface area contributed by atoms with Crippen LogP contribution in [0, 0.1) is 5.92 Å². The maximum Gasteiger partial charge on any atom is 0.317 e. The molecule has 2 fully saturated rings. The summed E-state index contributed by atoms with van der Waals surface area (Å²) in [5.74, 6) is -0.900. The molecule has 8 nitrogen and oxygen atoms in total. The van der Waals surface area contributed by atoms with Gasteiger partial charge in [-0.1, -0.05) is 30.9 Å². The molecule has 2 heterocycles. The van der Waals surface area contributed by atoms with E-state index in [0.717, 1.165) is 35.9 Å². The fourth-order valence-electron chi connectivity index (χ4n) is 4.64. The number of piperazine rings is 1. The number of urea groups is 1. The largest absolute Gasteiger partial charge is 0.481 e. The van der Waals surface area contributed by atoms with E-state index >= 15 is 0 Å². The minimum atomic E-state index is -0.820. The number of aromatic nitrogens is 1. The molecule has 0 spiro atoms. The lowest BCUT2D eigenvalue weighted by Gasteiger charge is -2.37. The molecule has 1 saturated carbocycles. The minimum absolute atomic E-state index is 0.177. The van der Waals surface area contributed by atoms with Gasteiger partial charge in [-0.05, 0) is 31.0 Å². The highest BCUT2D eigenvalue weighted by Crippen LogP contribution is 2.30. The molecule has 166 valence electrons. The van der Waals surface area contributed by atoms with Crippen LogP contribution >= 0.6 is 11.6 Å². The molecule has 2 amide bonds. The van der Waals surface area contributed by atoms with Crippen LogP contribution < -0.4 is 16.0 Å². The van der Waals surface area contributed by atoms with Crippen molar-refractivity contribution in [3.05, 3.63) is 29.3 Å². The van der Waals surface area contributed by atoms with E-state index in [1.54, 1.807) is 11.0 Å². The average Bonchev–Trinajstić information content (AvgIpc) is 2.98. The molecule has 1 aromatic carbocycles. The number of aliphatic carboxylic acids is 1. The van der Waals surface area contributed by atoms with Crippen molar-refractivity contribution in [2.75, 3.05) is 36.8 Å². The van der Waals surface area contributed by atoms with Crippen molar-refractivity contribution in [3.63, 3.8) is 0 Å². The number of carbonyl (C=O) groups is 2. The number of amides is 2. The summed E-state index contributed by atoms with van der Waals surface area (Å²) in [4.78, 5) is 32.8. The molecule has 2 aromatic rings. The lowest BCUT2D eigenvalue weighted by molar-refractivity contribution is -0.142. The Morgan fingerprint density at radius 3 is 2.58 bits per heavy atom. The zero-order valence-corrected chi connectivity index (χ0v) is 18.1. The molecule has 9 heteroatoms. The topological polar surface area (TPSA) is 112 Å². The number of pyridine rings is 1. The van der Waals surface area contributed by atoms with Crippen LogP contribution in [0.25, 0.3) is 10.9 Å². The van der Waals surface area contributed by atoms with E-state index < -0.39 is 11.9 Å². The number of carbonyl (C=O) groups excluding carboxylic acids is 1. The maximum absolute atomic E-state index is 12.9. The van der Waals surface area contributed by atoms with Gasteiger partial charge in [0.05, 0.1) is 11.4 Å². The number of anilines is 2. The van der Waals surface area contributed by atoms with Crippen molar-refractivity contribution >= 4 is 46.0 Å². The number of fused-ring (bicyclic) bond motifs is 1. The molecule has 0 radical (unpaired) electrons. The fraction of sp³-hybridized carbons (Fsp3) is 0.500. The number of halogens is 1. The lowest BCUT2D eigenvalue weighted by atomic mass is 9.95. The van der Waals surface area contributed by atoms with Gasteiger partial charge < -0.3 is 26.0 Å². The molecule has 2 atom stereocenters. The van der Waals surface area contributed by atoms with Gasteiger partial charge in [-0.25, -0.2) is 9.78 Å². The molecular formula is C22H28ClN5O3. The van der Waals surface area contributed by atoms with Crippen molar-refractivity contribution in [1.82, 2.24) is 15.2 Å². The molecular weight excluding hydrogens is 418 g/mol. The second-order valence-corrected chi connectivity index (χ2v) is 8.78. The average molecular weight is 446 g/mol. The number of nitrogens with one attached hydrogen (secondary N) is 1. The molecule has 4 N–H and O–H groups in total. The van der Waals surface area contributed by atoms with Gasteiger partial charge in [0.2, 0.25) is 0 Å². The predicted octanol–water partition coefficient (Wildman–Crippen LogP) is 3.34. The Hall–Kier alpha value is -2.74. The number of nitrogens with two attached hydrogens (primary N) is 1. The predicted molar refractivity (Wildman–Crippen MR) is 121 cm³/mol. The van der Waals surface area contributed by atoms with Crippen molar-refractivity contribution in [2.24, 2.45) is 5.92 Å². The van der Waals surface area contributed by atoms with E-state index in [1.807, 2.05) is 18.2 Å². The third-order valence-corrected chi connectivity index (χ3v) is 6.55. The monoisotopic (exact) mass is 445 g/mol. The Bertz CT molecular complexity index is 972. The smallest absolute Gasteiger partial charge is 0.317 e. The number of hydrogen-bond donors (Lipinski definition) is 3. The second kappa shape index (κ2) is 9.18. The SMILES string of the molecule is Nc1cc(N2CCN(C(=O)NC3CCCCCC3C(=O)O)CC2)c2ccc(Cl)cc2n1. The standard InChI is InChI=1S/C22H28ClN5O3/c23-14-6-7-15-18(12-14)25-20(24)13-19(15)27-8-10-28(11-9-27)22(31)26-17-5-3-1-2-4-16(17)21(29)30/h6-7,12-13,16-17H,1-5,8-11H2,(H2,24,25)(H,26,31)(H,29,30). The van der Waals surface area contributed by atoms with Crippen molar-refractivity contribution in [2.45, 2.75) is 38.1 Å². The van der Waals surface area contributed by atoms with Crippen molar-refractivity contribution < 1.29 is 14.7 Å². The molecule has 2 unspecified atom stereocenters. The number of benzene rings is 1. The second-order valence-electron chi connectivity index (χ2n) is 8.34. The summed E-state index contributed by atoms with van der Waals surface area (Å²) in [6.07, 6.45) is 4.20. The van der Waals surface area contributed by atoms with E-state index in [9.17, 15) is 14.7 Å². The molecule has 1 aliphatic carbocycles. The summed E-state index contributed by atoms with van der Waals surface area (Å²) in [6, 6.07) is 6.95. The van der Waals surface area contributed by atoms with E-state index in [1.165, 1.54) is 0 Å². The van der Waals surface area contributed by atoms with E-state index in [0.29, 0.717) is 49.9 Å². The third kappa shape index (κ3) is 4.79. The summed E-state index contributed by atoms with van der Waals surface area (Å²) in [5.41, 5.74) is 7.73. The molecule has 0 bridgehead atoms. The van der Waals surface area contributed by atoms with Gasteiger partial charge in [0.1, 0.15) is 5.82 Å². The molecule has 1 aliphatic heterocycles. The molecule has 1 aromatic heterocycles. The van der Waals surface area contributed by atoms with Crippen LogP contribution in [0.3, 0.4) is 0 Å². The van der Waals surface area contributed by atoms with Crippen LogP contribution in [0.4, 0.5) is 16.3 Å². The van der Waals surface area contributed by atoms with Crippen LogP contribution in [0.5, 0.6) is 0 Å². The number of carboxylic acid groups (broad SMARTS) is 1. The number of nitrogens with zero attached hydrogens (tertiary/aromatic N) is 3. The van der Waals surface area contributed by atoms with Crippen molar-refractivity contribution in [1.29, 1.82) is 0 Å². The third-order valence-electron chi connectivity index (χ3n) is 6.32. The highest BCUT2D eigenvalue weighted by atomic mass is 35.5. The normalized spacial score (nSPS) is 22.2. The fourth-order valence-corrected chi connectivity index (χ4v) is 4.81. The summed E-state index contributed by atoms with van der Waals surface area (Å²) in [5, 5.41) is 14.1. The number of rotatable bonds is 3. The van der Waals surface area contributed by atoms with Crippen LogP contribution in [-0.2, 0) is 4.79 Å². The number of hydrogen-bond acceptors (Lipinski definition) is 5. The van der Waals surface area contributed by atoms with Gasteiger partial charge in [-0.15, -0.1) is 0 Å². The highest BCUT2D eigenvalue weighted by Gasteiger charge is 2.32. The van der Waals surface area contributed by atoms with Crippen LogP contribution in [0.15, 0.2) is 24.3 Å². The van der Waals surface area contributed by atoms with Crippen LogP contribution in [0.1, 0.15) is 32.1 Å². The zero-order valence-electron chi connectivity index (χ0n) is 17.4. The molecule has 1 saturated heterocycles. The Balaban J connectivity index is 1.42. The van der Waals surface area contributed by atoms with Crippen molar-refractivity contribution in [3.8, 4) is 0 Å².